The quantitative estimate of drug-likeness (QED) is 0.621. The first kappa shape index (κ1) is 12.8. The Morgan fingerprint density at radius 3 is 2.60 bits per heavy atom. The first-order chi connectivity index (χ1) is 7.10. The fourth-order valence-corrected chi connectivity index (χ4v) is 2.21. The number of esters is 1. The molecule has 0 aliphatic carbocycles. The lowest BCUT2D eigenvalue weighted by molar-refractivity contribution is 0.0526. The molecular formula is C10H9BrCl2O2. The summed E-state index contributed by atoms with van der Waals surface area (Å²) in [4.78, 5) is 11.5. The minimum Gasteiger partial charge on any atom is -0.462 e. The highest BCUT2D eigenvalue weighted by atomic mass is 79.9. The minimum atomic E-state index is -0.429. The van der Waals surface area contributed by atoms with Crippen molar-refractivity contribution >= 4 is 45.1 Å². The Bertz CT molecular complexity index is 380. The summed E-state index contributed by atoms with van der Waals surface area (Å²) in [5, 5.41) is 1.41. The lowest BCUT2D eigenvalue weighted by Crippen LogP contribution is -2.06. The number of rotatable bonds is 3. The summed E-state index contributed by atoms with van der Waals surface area (Å²) in [5.74, 6) is -0.429. The lowest BCUT2D eigenvalue weighted by atomic mass is 10.1. The number of hydrogen-bond acceptors (Lipinski definition) is 2. The smallest absolute Gasteiger partial charge is 0.339 e. The molecule has 2 nitrogen and oxygen atoms in total. The zero-order valence-electron chi connectivity index (χ0n) is 8.02. The van der Waals surface area contributed by atoms with E-state index in [0.717, 1.165) is 5.56 Å². The fraction of sp³-hybridized carbons (Fsp3) is 0.300. The maximum Gasteiger partial charge on any atom is 0.339 e. The standard InChI is InChI=1S/C10H9BrCl2O2/c1-2-15-10(14)7-3-6(5-11)8(12)4-9(7)13/h3-4H,2,5H2,1H3. The number of ether oxygens (including phenoxy) is 1. The van der Waals surface area contributed by atoms with Crippen molar-refractivity contribution in [2.24, 2.45) is 0 Å². The Morgan fingerprint density at radius 1 is 1.40 bits per heavy atom. The van der Waals surface area contributed by atoms with Crippen LogP contribution in [0.4, 0.5) is 0 Å². The maximum atomic E-state index is 11.5. The summed E-state index contributed by atoms with van der Waals surface area (Å²) in [6.07, 6.45) is 0. The first-order valence-electron chi connectivity index (χ1n) is 4.31. The molecule has 0 amide bonds. The van der Waals surface area contributed by atoms with Gasteiger partial charge in [0.1, 0.15) is 0 Å². The molecule has 0 aliphatic rings. The van der Waals surface area contributed by atoms with E-state index in [1.165, 1.54) is 0 Å². The largest absolute Gasteiger partial charge is 0.462 e. The van der Waals surface area contributed by atoms with Gasteiger partial charge in [-0.05, 0) is 24.6 Å². The Kier molecular flexibility index (Phi) is 4.90. The molecule has 5 heteroatoms. The van der Waals surface area contributed by atoms with Gasteiger partial charge in [-0.1, -0.05) is 39.1 Å². The molecule has 0 radical (unpaired) electrons. The molecule has 1 aromatic rings. The molecule has 0 saturated heterocycles. The molecule has 1 aromatic carbocycles. The van der Waals surface area contributed by atoms with Crippen LogP contribution in [-0.2, 0) is 10.1 Å². The third-order valence-electron chi connectivity index (χ3n) is 1.78. The Morgan fingerprint density at radius 2 is 2.07 bits per heavy atom. The lowest BCUT2D eigenvalue weighted by Gasteiger charge is -2.07. The molecule has 15 heavy (non-hydrogen) atoms. The molecule has 0 fully saturated rings. The number of hydrogen-bond donors (Lipinski definition) is 0. The van der Waals surface area contributed by atoms with Gasteiger partial charge < -0.3 is 4.74 Å². The number of carbonyl (C=O) groups excluding carboxylic acids is 1. The molecule has 0 N–H and O–H groups in total. The van der Waals surface area contributed by atoms with Gasteiger partial charge in [0.15, 0.2) is 0 Å². The SMILES string of the molecule is CCOC(=O)c1cc(CBr)c(Cl)cc1Cl. The van der Waals surface area contributed by atoms with Crippen LogP contribution in [0.3, 0.4) is 0 Å². The zero-order valence-corrected chi connectivity index (χ0v) is 11.1. The molecule has 0 unspecified atom stereocenters. The van der Waals surface area contributed by atoms with E-state index in [4.69, 9.17) is 27.9 Å². The zero-order chi connectivity index (χ0) is 11.4. The van der Waals surface area contributed by atoms with Gasteiger partial charge >= 0.3 is 5.97 Å². The van der Waals surface area contributed by atoms with Gasteiger partial charge in [-0.25, -0.2) is 4.79 Å². The molecule has 1 rings (SSSR count). The number of carbonyl (C=O) groups is 1. The first-order valence-corrected chi connectivity index (χ1v) is 6.18. The van der Waals surface area contributed by atoms with Crippen molar-refractivity contribution in [1.29, 1.82) is 0 Å². The molecule has 0 aromatic heterocycles. The van der Waals surface area contributed by atoms with Crippen LogP contribution in [0.2, 0.25) is 10.0 Å². The van der Waals surface area contributed by atoms with Gasteiger partial charge in [0, 0.05) is 10.4 Å². The van der Waals surface area contributed by atoms with Crippen molar-refractivity contribution in [1.82, 2.24) is 0 Å². The van der Waals surface area contributed by atoms with Crippen molar-refractivity contribution in [2.75, 3.05) is 6.61 Å². The predicted octanol–water partition coefficient (Wildman–Crippen LogP) is 4.07. The second kappa shape index (κ2) is 5.73. The molecule has 0 heterocycles. The highest BCUT2D eigenvalue weighted by Crippen LogP contribution is 2.27. The average molecular weight is 312 g/mol. The summed E-state index contributed by atoms with van der Waals surface area (Å²) in [6.45, 7) is 2.06. The van der Waals surface area contributed by atoms with E-state index >= 15 is 0 Å². The summed E-state index contributed by atoms with van der Waals surface area (Å²) in [7, 11) is 0. The van der Waals surface area contributed by atoms with Crippen molar-refractivity contribution < 1.29 is 9.53 Å². The molecule has 0 spiro atoms. The third kappa shape index (κ3) is 3.10. The van der Waals surface area contributed by atoms with Crippen LogP contribution in [-0.4, -0.2) is 12.6 Å². The predicted molar refractivity (Wildman–Crippen MR) is 65.0 cm³/mol. The van der Waals surface area contributed by atoms with Gasteiger partial charge in [0.2, 0.25) is 0 Å². The van der Waals surface area contributed by atoms with Crippen LogP contribution in [0, 0.1) is 0 Å². The number of alkyl halides is 1. The Balaban J connectivity index is 3.12. The van der Waals surface area contributed by atoms with E-state index < -0.39 is 5.97 Å². The van der Waals surface area contributed by atoms with Gasteiger partial charge in [-0.15, -0.1) is 0 Å². The van der Waals surface area contributed by atoms with E-state index in [1.807, 2.05) is 0 Å². The highest BCUT2D eigenvalue weighted by Gasteiger charge is 2.14. The van der Waals surface area contributed by atoms with Crippen molar-refractivity contribution in [2.45, 2.75) is 12.3 Å². The second-order valence-electron chi connectivity index (χ2n) is 2.78. The second-order valence-corrected chi connectivity index (χ2v) is 4.15. The molecule has 0 saturated carbocycles. The van der Waals surface area contributed by atoms with E-state index in [0.29, 0.717) is 27.5 Å². The van der Waals surface area contributed by atoms with E-state index in [9.17, 15) is 4.79 Å². The van der Waals surface area contributed by atoms with Crippen LogP contribution in [0.25, 0.3) is 0 Å². The normalized spacial score (nSPS) is 10.1. The highest BCUT2D eigenvalue weighted by molar-refractivity contribution is 9.08. The summed E-state index contributed by atoms with van der Waals surface area (Å²) in [5.41, 5.74) is 1.15. The molecule has 0 bridgehead atoms. The van der Waals surface area contributed by atoms with Gasteiger partial charge in [-0.3, -0.25) is 0 Å². The fourth-order valence-electron chi connectivity index (χ4n) is 1.06. The van der Waals surface area contributed by atoms with E-state index in [1.54, 1.807) is 19.1 Å². The summed E-state index contributed by atoms with van der Waals surface area (Å²) < 4.78 is 4.87. The topological polar surface area (TPSA) is 26.3 Å². The van der Waals surface area contributed by atoms with Gasteiger partial charge in [0.25, 0.3) is 0 Å². The molecule has 0 aliphatic heterocycles. The third-order valence-corrected chi connectivity index (χ3v) is 3.04. The van der Waals surface area contributed by atoms with E-state index in [2.05, 4.69) is 15.9 Å². The monoisotopic (exact) mass is 310 g/mol. The maximum absolute atomic E-state index is 11.5. The van der Waals surface area contributed by atoms with Crippen LogP contribution in [0.15, 0.2) is 12.1 Å². The minimum absolute atomic E-state index is 0.308. The molecular weight excluding hydrogens is 303 g/mol. The number of halogens is 3. The van der Waals surface area contributed by atoms with Gasteiger partial charge in [0.05, 0.1) is 17.2 Å². The summed E-state index contributed by atoms with van der Waals surface area (Å²) in [6, 6.07) is 3.18. The van der Waals surface area contributed by atoms with E-state index in [-0.39, 0.29) is 0 Å². The number of benzene rings is 1. The van der Waals surface area contributed by atoms with Crippen molar-refractivity contribution in [3.05, 3.63) is 33.3 Å². The van der Waals surface area contributed by atoms with Crippen LogP contribution >= 0.6 is 39.1 Å². The molecule has 82 valence electrons. The summed E-state index contributed by atoms with van der Waals surface area (Å²) >= 11 is 15.1. The Labute approximate surface area is 107 Å². The van der Waals surface area contributed by atoms with Crippen LogP contribution in [0.5, 0.6) is 0 Å². The Hall–Kier alpha value is -0.250. The van der Waals surface area contributed by atoms with Crippen molar-refractivity contribution in [3.63, 3.8) is 0 Å². The molecule has 0 atom stereocenters. The van der Waals surface area contributed by atoms with Crippen LogP contribution < -0.4 is 0 Å². The average Bonchev–Trinajstić information content (AvgIpc) is 2.18. The van der Waals surface area contributed by atoms with Crippen molar-refractivity contribution in [3.8, 4) is 0 Å². The van der Waals surface area contributed by atoms with Crippen LogP contribution in [0.1, 0.15) is 22.8 Å². The van der Waals surface area contributed by atoms with Gasteiger partial charge in [-0.2, -0.15) is 0 Å².